The Labute approximate surface area is 115 Å². The van der Waals surface area contributed by atoms with Gasteiger partial charge in [0.1, 0.15) is 6.04 Å². The van der Waals surface area contributed by atoms with Crippen molar-refractivity contribution < 1.29 is 4.79 Å². The van der Waals surface area contributed by atoms with Gasteiger partial charge in [0, 0.05) is 25.7 Å². The summed E-state index contributed by atoms with van der Waals surface area (Å²) in [5, 5.41) is 3.35. The van der Waals surface area contributed by atoms with E-state index in [1.807, 2.05) is 24.1 Å². The summed E-state index contributed by atoms with van der Waals surface area (Å²) in [5.41, 5.74) is 2.38. The molecule has 1 fully saturated rings. The van der Waals surface area contributed by atoms with Gasteiger partial charge >= 0.3 is 0 Å². The van der Waals surface area contributed by atoms with E-state index < -0.39 is 0 Å². The Bertz CT molecular complexity index is 441. The monoisotopic (exact) mass is 258 g/mol. The number of anilines is 1. The lowest BCUT2D eigenvalue weighted by Gasteiger charge is -2.24. The third kappa shape index (κ3) is 2.60. The number of para-hydroxylation sites is 1. The van der Waals surface area contributed by atoms with Crippen LogP contribution in [0.25, 0.3) is 0 Å². The second kappa shape index (κ2) is 5.24. The molecule has 0 aromatic heterocycles. The van der Waals surface area contributed by atoms with Crippen LogP contribution in [0.5, 0.6) is 0 Å². The minimum Gasteiger partial charge on any atom is -0.373 e. The lowest BCUT2D eigenvalue weighted by atomic mass is 10.1. The highest BCUT2D eigenvalue weighted by Gasteiger charge is 2.29. The summed E-state index contributed by atoms with van der Waals surface area (Å²) >= 11 is 0. The van der Waals surface area contributed by atoms with Crippen LogP contribution in [0.15, 0.2) is 24.3 Å². The third-order valence-electron chi connectivity index (χ3n) is 4.45. The molecule has 1 aliphatic heterocycles. The topological polar surface area (TPSA) is 32.3 Å². The summed E-state index contributed by atoms with van der Waals surface area (Å²) in [6.07, 6.45) is 6.07. The Morgan fingerprint density at radius 2 is 2.05 bits per heavy atom. The van der Waals surface area contributed by atoms with Gasteiger partial charge in [0.25, 0.3) is 0 Å². The molecule has 0 bridgehead atoms. The van der Waals surface area contributed by atoms with Crippen molar-refractivity contribution in [2.24, 2.45) is 5.92 Å². The molecule has 1 atom stereocenters. The maximum atomic E-state index is 12.5. The van der Waals surface area contributed by atoms with Crippen molar-refractivity contribution in [2.75, 3.05) is 18.9 Å². The molecule has 1 aromatic rings. The summed E-state index contributed by atoms with van der Waals surface area (Å²) in [7, 11) is 1.95. The lowest BCUT2D eigenvalue weighted by Crippen LogP contribution is -2.41. The van der Waals surface area contributed by atoms with Crippen molar-refractivity contribution in [1.29, 1.82) is 0 Å². The van der Waals surface area contributed by atoms with E-state index in [9.17, 15) is 4.79 Å². The lowest BCUT2D eigenvalue weighted by molar-refractivity contribution is -0.131. The Morgan fingerprint density at radius 3 is 2.79 bits per heavy atom. The van der Waals surface area contributed by atoms with Crippen LogP contribution in [0.1, 0.15) is 31.2 Å². The molecule has 0 saturated heterocycles. The van der Waals surface area contributed by atoms with E-state index in [1.165, 1.54) is 31.2 Å². The predicted molar refractivity (Wildman–Crippen MR) is 77.2 cm³/mol. The highest BCUT2D eigenvalue weighted by molar-refractivity contribution is 5.87. The number of carbonyl (C=O) groups excluding carboxylic acids is 1. The van der Waals surface area contributed by atoms with Crippen LogP contribution in [-0.2, 0) is 11.2 Å². The first-order chi connectivity index (χ1) is 9.24. The van der Waals surface area contributed by atoms with Gasteiger partial charge in [-0.05, 0) is 30.4 Å². The number of amides is 1. The first-order valence-electron chi connectivity index (χ1n) is 7.33. The number of hydrogen-bond acceptors (Lipinski definition) is 2. The fraction of sp³-hybridized carbons (Fsp3) is 0.562. The van der Waals surface area contributed by atoms with Gasteiger partial charge in [-0.3, -0.25) is 4.79 Å². The molecule has 0 radical (unpaired) electrons. The minimum atomic E-state index is -0.0659. The van der Waals surface area contributed by atoms with E-state index in [0.717, 1.165) is 24.6 Å². The first-order valence-corrected chi connectivity index (χ1v) is 7.33. The van der Waals surface area contributed by atoms with Gasteiger partial charge in [-0.25, -0.2) is 0 Å². The quantitative estimate of drug-likeness (QED) is 0.904. The molecule has 2 aliphatic rings. The Balaban J connectivity index is 1.59. The molecule has 0 spiro atoms. The molecule has 3 heteroatoms. The summed E-state index contributed by atoms with van der Waals surface area (Å²) in [4.78, 5) is 14.4. The van der Waals surface area contributed by atoms with E-state index in [2.05, 4.69) is 17.4 Å². The smallest absolute Gasteiger partial charge is 0.245 e. The van der Waals surface area contributed by atoms with Gasteiger partial charge in [0.05, 0.1) is 0 Å². The number of carbonyl (C=O) groups is 1. The Hall–Kier alpha value is -1.51. The van der Waals surface area contributed by atoms with Crippen LogP contribution in [0.4, 0.5) is 5.69 Å². The number of nitrogens with one attached hydrogen (secondary N) is 1. The highest BCUT2D eigenvalue weighted by Crippen LogP contribution is 2.28. The fourth-order valence-corrected chi connectivity index (χ4v) is 3.38. The van der Waals surface area contributed by atoms with Crippen molar-refractivity contribution in [2.45, 2.75) is 38.1 Å². The van der Waals surface area contributed by atoms with Gasteiger partial charge in [-0.15, -0.1) is 0 Å². The number of benzene rings is 1. The second-order valence-electron chi connectivity index (χ2n) is 5.93. The van der Waals surface area contributed by atoms with Crippen molar-refractivity contribution >= 4 is 11.6 Å². The highest BCUT2D eigenvalue weighted by atomic mass is 16.2. The molecule has 3 nitrogen and oxygen atoms in total. The van der Waals surface area contributed by atoms with E-state index in [4.69, 9.17) is 0 Å². The number of nitrogens with zero attached hydrogens (tertiary/aromatic N) is 1. The number of rotatable bonds is 3. The van der Waals surface area contributed by atoms with Crippen molar-refractivity contribution in [3.05, 3.63) is 29.8 Å². The molecule has 1 aromatic carbocycles. The van der Waals surface area contributed by atoms with Gasteiger partial charge in [-0.2, -0.15) is 0 Å². The van der Waals surface area contributed by atoms with E-state index in [0.29, 0.717) is 0 Å². The van der Waals surface area contributed by atoms with Crippen LogP contribution in [0, 0.1) is 5.92 Å². The largest absolute Gasteiger partial charge is 0.373 e. The molecule has 0 unspecified atom stereocenters. The van der Waals surface area contributed by atoms with Crippen molar-refractivity contribution in [3.8, 4) is 0 Å². The summed E-state index contributed by atoms with van der Waals surface area (Å²) in [6.45, 7) is 0.924. The zero-order valence-corrected chi connectivity index (χ0v) is 11.6. The molecule has 1 aliphatic carbocycles. The van der Waals surface area contributed by atoms with Crippen LogP contribution in [-0.4, -0.2) is 30.4 Å². The predicted octanol–water partition coefficient (Wildman–Crippen LogP) is 2.67. The number of fused-ring (bicyclic) bond motifs is 1. The molecule has 1 amide bonds. The molecular formula is C16H22N2O. The molecule has 3 rings (SSSR count). The van der Waals surface area contributed by atoms with E-state index in [1.54, 1.807) is 0 Å². The summed E-state index contributed by atoms with van der Waals surface area (Å²) in [6, 6.07) is 8.15. The van der Waals surface area contributed by atoms with Crippen LogP contribution >= 0.6 is 0 Å². The molecule has 1 heterocycles. The standard InChI is InChI=1S/C16H22N2O/c1-18(11-12-6-2-3-7-12)16(19)15-10-13-8-4-5-9-14(13)17-15/h4-5,8-9,12,15,17H,2-3,6-7,10-11H2,1H3/t15-/m0/s1. The van der Waals surface area contributed by atoms with E-state index in [-0.39, 0.29) is 11.9 Å². The normalized spacial score (nSPS) is 22.1. The molecular weight excluding hydrogens is 236 g/mol. The Kier molecular flexibility index (Phi) is 3.45. The maximum absolute atomic E-state index is 12.5. The summed E-state index contributed by atoms with van der Waals surface area (Å²) < 4.78 is 0. The van der Waals surface area contributed by atoms with Gasteiger partial charge < -0.3 is 10.2 Å². The minimum absolute atomic E-state index is 0.0659. The number of likely N-dealkylation sites (N-methyl/N-ethyl adjacent to an activating group) is 1. The average Bonchev–Trinajstić information content (AvgIpc) is 3.05. The van der Waals surface area contributed by atoms with Gasteiger partial charge in [0.2, 0.25) is 5.91 Å². The zero-order chi connectivity index (χ0) is 13.2. The third-order valence-corrected chi connectivity index (χ3v) is 4.45. The van der Waals surface area contributed by atoms with Crippen LogP contribution < -0.4 is 5.32 Å². The van der Waals surface area contributed by atoms with Crippen LogP contribution in [0.3, 0.4) is 0 Å². The van der Waals surface area contributed by atoms with Crippen molar-refractivity contribution in [3.63, 3.8) is 0 Å². The maximum Gasteiger partial charge on any atom is 0.245 e. The second-order valence-corrected chi connectivity index (χ2v) is 5.93. The van der Waals surface area contributed by atoms with Gasteiger partial charge in [-0.1, -0.05) is 31.0 Å². The van der Waals surface area contributed by atoms with Gasteiger partial charge in [0.15, 0.2) is 0 Å². The van der Waals surface area contributed by atoms with Crippen LogP contribution in [0.2, 0.25) is 0 Å². The first kappa shape index (κ1) is 12.5. The zero-order valence-electron chi connectivity index (χ0n) is 11.6. The average molecular weight is 258 g/mol. The SMILES string of the molecule is CN(CC1CCCC1)C(=O)[C@@H]1Cc2ccccc2N1. The molecule has 102 valence electrons. The number of hydrogen-bond donors (Lipinski definition) is 1. The van der Waals surface area contributed by atoms with Crippen molar-refractivity contribution in [1.82, 2.24) is 4.90 Å². The molecule has 19 heavy (non-hydrogen) atoms. The Morgan fingerprint density at radius 1 is 1.32 bits per heavy atom. The molecule has 1 saturated carbocycles. The van der Waals surface area contributed by atoms with E-state index >= 15 is 0 Å². The summed E-state index contributed by atoms with van der Waals surface area (Å²) in [5.74, 6) is 0.959. The fourth-order valence-electron chi connectivity index (χ4n) is 3.38. The molecule has 1 N–H and O–H groups in total.